The van der Waals surface area contributed by atoms with Gasteiger partial charge in [0.05, 0.1) is 34.2 Å². The first-order chi connectivity index (χ1) is 17.7. The molecule has 0 aromatic carbocycles. The quantitative estimate of drug-likeness (QED) is 0.178. The minimum atomic E-state index is -0.403. The van der Waals surface area contributed by atoms with Crippen molar-refractivity contribution in [3.05, 3.63) is 76.5 Å². The summed E-state index contributed by atoms with van der Waals surface area (Å²) >= 11 is 13.7. The molecule has 13 heteroatoms. The smallest absolute Gasteiger partial charge is 0.305 e. The van der Waals surface area contributed by atoms with E-state index < -0.39 is 5.69 Å². The van der Waals surface area contributed by atoms with Gasteiger partial charge < -0.3 is 4.98 Å². The van der Waals surface area contributed by atoms with E-state index in [1.54, 1.807) is 7.05 Å². The Bertz CT molecular complexity index is 1610. The number of nitrogens with zero attached hydrogens (tertiary/aromatic N) is 5. The van der Waals surface area contributed by atoms with E-state index >= 15 is 0 Å². The molecule has 38 heavy (non-hydrogen) atoms. The summed E-state index contributed by atoms with van der Waals surface area (Å²) in [4.78, 5) is 60.4. The van der Waals surface area contributed by atoms with E-state index in [0.717, 1.165) is 25.7 Å². The third-order valence-electron chi connectivity index (χ3n) is 5.51. The van der Waals surface area contributed by atoms with Crippen LogP contribution in [0.3, 0.4) is 0 Å². The zero-order valence-electron chi connectivity index (χ0n) is 21.1. The van der Waals surface area contributed by atoms with Crippen LogP contribution in [0.25, 0.3) is 21.8 Å². The van der Waals surface area contributed by atoms with Crippen molar-refractivity contribution >= 4 is 67.6 Å². The highest BCUT2D eigenvalue weighted by atomic mass is 127. The van der Waals surface area contributed by atoms with E-state index in [9.17, 15) is 19.2 Å². The molecule has 0 aliphatic rings. The molecular formula is C25H33Cl2IN6O4. The molecule has 10 nitrogen and oxygen atoms in total. The van der Waals surface area contributed by atoms with Gasteiger partial charge in [-0.25, -0.2) is 19.6 Å². The van der Waals surface area contributed by atoms with Gasteiger partial charge in [0.1, 0.15) is 10.3 Å². The Hall–Kier alpha value is -2.51. The minimum Gasteiger partial charge on any atom is -0.305 e. The first-order valence-corrected chi connectivity index (χ1v) is 14.5. The van der Waals surface area contributed by atoms with Crippen LogP contribution in [0.4, 0.5) is 0 Å². The molecule has 4 aromatic rings. The summed E-state index contributed by atoms with van der Waals surface area (Å²) in [5.41, 5.74) is -0.420. The van der Waals surface area contributed by atoms with Gasteiger partial charge in [-0.1, -0.05) is 79.9 Å². The average molecular weight is 679 g/mol. The van der Waals surface area contributed by atoms with Crippen LogP contribution in [0.15, 0.2) is 43.7 Å². The predicted molar refractivity (Wildman–Crippen MR) is 164 cm³/mol. The van der Waals surface area contributed by atoms with Gasteiger partial charge in [0.2, 0.25) is 0 Å². The molecule has 0 saturated heterocycles. The molecule has 0 amide bonds. The lowest BCUT2D eigenvalue weighted by molar-refractivity contribution is 0.568. The molecular weight excluding hydrogens is 646 g/mol. The number of aromatic nitrogens is 6. The summed E-state index contributed by atoms with van der Waals surface area (Å²) in [7, 11) is 1.63. The van der Waals surface area contributed by atoms with Crippen molar-refractivity contribution in [3.63, 3.8) is 0 Å². The number of nitrogens with one attached hydrogen (secondary N) is 1. The fraction of sp³-hybridized carbons (Fsp3) is 0.440. The van der Waals surface area contributed by atoms with Gasteiger partial charge >= 0.3 is 11.4 Å². The number of halogens is 3. The van der Waals surface area contributed by atoms with Crippen LogP contribution in [0.5, 0.6) is 0 Å². The Morgan fingerprint density at radius 2 is 1.34 bits per heavy atom. The molecule has 0 saturated carbocycles. The maximum absolute atomic E-state index is 12.2. The van der Waals surface area contributed by atoms with Crippen LogP contribution < -0.4 is 22.5 Å². The van der Waals surface area contributed by atoms with Crippen LogP contribution in [-0.4, -0.2) is 33.6 Å². The molecule has 4 aromatic heterocycles. The lowest BCUT2D eigenvalue weighted by Crippen LogP contribution is -2.39. The van der Waals surface area contributed by atoms with Crippen molar-refractivity contribution in [1.29, 1.82) is 0 Å². The number of pyridine rings is 2. The van der Waals surface area contributed by atoms with Crippen LogP contribution in [0, 0.1) is 0 Å². The number of hydrogen-bond acceptors (Lipinski definition) is 6. The molecule has 0 unspecified atom stereocenters. The zero-order chi connectivity index (χ0) is 27.7. The van der Waals surface area contributed by atoms with Gasteiger partial charge in [-0.05, 0) is 29.9 Å². The number of unbranched alkanes of at least 4 members (excludes halogenated alkanes) is 2. The zero-order valence-corrected chi connectivity index (χ0v) is 24.7. The first-order valence-electron chi connectivity index (χ1n) is 11.6. The van der Waals surface area contributed by atoms with Crippen molar-refractivity contribution in [3.8, 4) is 0 Å². The maximum atomic E-state index is 12.2. The molecule has 0 aliphatic carbocycles. The van der Waals surface area contributed by atoms with E-state index in [1.165, 1.54) is 38.2 Å². The number of rotatable bonds is 6. The number of H-pyrrole nitrogens is 1. The molecule has 0 radical (unpaired) electrons. The van der Waals surface area contributed by atoms with Gasteiger partial charge in [-0.2, -0.15) is 0 Å². The van der Waals surface area contributed by atoms with E-state index in [4.69, 9.17) is 23.2 Å². The van der Waals surface area contributed by atoms with Crippen LogP contribution in [0.1, 0.15) is 47.0 Å². The van der Waals surface area contributed by atoms with Gasteiger partial charge in [-0.3, -0.25) is 23.3 Å². The van der Waals surface area contributed by atoms with Gasteiger partial charge in [-0.15, -0.1) is 0 Å². The number of alkyl halides is 1. The molecule has 4 heterocycles. The average Bonchev–Trinajstić information content (AvgIpc) is 2.89. The number of aromatic amines is 1. The number of aryl methyl sites for hydroxylation is 1. The Balaban J connectivity index is 0.000000349. The van der Waals surface area contributed by atoms with Gasteiger partial charge in [0.25, 0.3) is 11.1 Å². The maximum Gasteiger partial charge on any atom is 0.331 e. The van der Waals surface area contributed by atoms with E-state index in [0.29, 0.717) is 34.9 Å². The Morgan fingerprint density at radius 3 is 1.92 bits per heavy atom. The van der Waals surface area contributed by atoms with Crippen molar-refractivity contribution in [2.75, 3.05) is 4.93 Å². The fourth-order valence-corrected chi connectivity index (χ4v) is 3.85. The summed E-state index contributed by atoms with van der Waals surface area (Å²) in [6.45, 7) is 4.86. The summed E-state index contributed by atoms with van der Waals surface area (Å²) in [6.07, 6.45) is 6.26. The SMILES string of the molecule is C.CCCCn1c(=O)[nH]c2cnc(Cl)cc2c1=O.CCCCn1c(=O)c2cc(Cl)ncc2n(C)c1=O.CI. The minimum absolute atomic E-state index is 0. The Morgan fingerprint density at radius 1 is 0.842 bits per heavy atom. The van der Waals surface area contributed by atoms with Crippen LogP contribution in [0.2, 0.25) is 10.3 Å². The highest BCUT2D eigenvalue weighted by Gasteiger charge is 2.11. The molecule has 1 N–H and O–H groups in total. The Kier molecular flexibility index (Phi) is 13.9. The van der Waals surface area contributed by atoms with Crippen molar-refractivity contribution in [2.24, 2.45) is 7.05 Å². The topological polar surface area (TPSA) is 125 Å². The molecule has 0 bridgehead atoms. The molecule has 0 fully saturated rings. The normalized spacial score (nSPS) is 10.3. The second-order valence-corrected chi connectivity index (χ2v) is 8.74. The molecule has 0 aliphatic heterocycles. The lowest BCUT2D eigenvalue weighted by Gasteiger charge is -2.09. The number of hydrogen-bond donors (Lipinski definition) is 1. The fourth-order valence-electron chi connectivity index (χ4n) is 3.54. The summed E-state index contributed by atoms with van der Waals surface area (Å²) < 4.78 is 3.88. The predicted octanol–water partition coefficient (Wildman–Crippen LogP) is 4.77. The second kappa shape index (κ2) is 15.8. The summed E-state index contributed by atoms with van der Waals surface area (Å²) in [6, 6.07) is 2.97. The third-order valence-corrected chi connectivity index (χ3v) is 5.92. The first kappa shape index (κ1) is 33.5. The summed E-state index contributed by atoms with van der Waals surface area (Å²) in [5, 5.41) is 1.30. The third kappa shape index (κ3) is 7.76. The van der Waals surface area contributed by atoms with E-state index in [-0.39, 0.29) is 34.5 Å². The molecule has 0 atom stereocenters. The molecule has 0 spiro atoms. The number of fused-ring (bicyclic) bond motifs is 2. The Labute approximate surface area is 243 Å². The lowest BCUT2D eigenvalue weighted by atomic mass is 10.3. The van der Waals surface area contributed by atoms with E-state index in [2.05, 4.69) is 37.5 Å². The largest absolute Gasteiger partial charge is 0.331 e. The standard InChI is InChI=1S/C12H14ClN3O2.C11H12ClN3O2.CH3I.CH4/c1-3-4-5-16-11(17)8-6-10(13)14-7-9(8)15(2)12(16)18;1-2-3-4-15-10(16)7-5-9(12)13-6-8(7)14-11(15)17;1-2;/h6-7H,3-5H2,1-2H3;5-6H,2-4H2,1H3,(H,14,17);1H3;1H4. The van der Waals surface area contributed by atoms with Crippen LogP contribution >= 0.6 is 45.8 Å². The highest BCUT2D eigenvalue weighted by Crippen LogP contribution is 2.12. The van der Waals surface area contributed by atoms with Crippen molar-refractivity contribution in [2.45, 2.75) is 60.0 Å². The summed E-state index contributed by atoms with van der Waals surface area (Å²) in [5.74, 6) is 0. The van der Waals surface area contributed by atoms with Crippen LogP contribution in [-0.2, 0) is 20.1 Å². The molecule has 4 rings (SSSR count). The second-order valence-electron chi connectivity index (χ2n) is 7.97. The monoisotopic (exact) mass is 678 g/mol. The van der Waals surface area contributed by atoms with Crippen molar-refractivity contribution < 1.29 is 0 Å². The highest BCUT2D eigenvalue weighted by molar-refractivity contribution is 14.1. The van der Waals surface area contributed by atoms with Crippen molar-refractivity contribution in [1.82, 2.24) is 28.7 Å². The van der Waals surface area contributed by atoms with Gasteiger partial charge in [0, 0.05) is 20.1 Å². The van der Waals surface area contributed by atoms with E-state index in [1.807, 2.05) is 18.8 Å². The molecule has 208 valence electrons. The van der Waals surface area contributed by atoms with Gasteiger partial charge in [0.15, 0.2) is 0 Å².